The van der Waals surface area contributed by atoms with Crippen molar-refractivity contribution in [2.75, 3.05) is 0 Å². The van der Waals surface area contributed by atoms with Crippen LogP contribution in [0.1, 0.15) is 10.4 Å². The molecule has 2 heterocycles. The average Bonchev–Trinajstić information content (AvgIpc) is 2.87. The first-order valence-electron chi connectivity index (χ1n) is 4.50. The summed E-state index contributed by atoms with van der Waals surface area (Å²) in [5, 5.41) is 26.5. The molecule has 17 heavy (non-hydrogen) atoms. The van der Waals surface area contributed by atoms with Crippen molar-refractivity contribution in [3.05, 3.63) is 40.3 Å². The predicted molar refractivity (Wildman–Crippen MR) is 53.5 cm³/mol. The number of rotatable bonds is 4. The quantitative estimate of drug-likeness (QED) is 0.599. The summed E-state index contributed by atoms with van der Waals surface area (Å²) in [4.78, 5) is 20.4. The molecule has 0 aliphatic heterocycles. The maximum absolute atomic E-state index is 10.6. The van der Waals surface area contributed by atoms with Crippen molar-refractivity contribution in [1.29, 1.82) is 0 Å². The standard InChI is InChI=1S/C8H7N5O4/c14-8(15)6-3-9-12(4-6)5-11-2-1-7(10-11)13(16)17/h1-4H,5H2,(H,14,15). The predicted octanol–water partition coefficient (Wildman–Crippen LogP) is 0.192. The zero-order valence-corrected chi connectivity index (χ0v) is 8.42. The maximum atomic E-state index is 10.6. The zero-order valence-electron chi connectivity index (χ0n) is 8.42. The Bertz CT molecular complexity index is 522. The van der Waals surface area contributed by atoms with Gasteiger partial charge in [-0.25, -0.2) is 9.48 Å². The maximum Gasteiger partial charge on any atom is 0.389 e. The van der Waals surface area contributed by atoms with Crippen molar-refractivity contribution in [2.24, 2.45) is 0 Å². The number of nitro groups is 1. The Morgan fingerprint density at radius 1 is 1.53 bits per heavy atom. The lowest BCUT2D eigenvalue weighted by molar-refractivity contribution is -0.389. The van der Waals surface area contributed by atoms with Gasteiger partial charge in [-0.05, 0) is 4.92 Å². The number of hydrogen-bond donors (Lipinski definition) is 1. The minimum atomic E-state index is -1.08. The number of carboxylic acids is 1. The number of aromatic nitrogens is 4. The molecular formula is C8H7N5O4. The molecule has 0 saturated carbocycles. The van der Waals surface area contributed by atoms with Crippen molar-refractivity contribution >= 4 is 11.8 Å². The van der Waals surface area contributed by atoms with E-state index < -0.39 is 10.9 Å². The Hall–Kier alpha value is -2.71. The van der Waals surface area contributed by atoms with Gasteiger partial charge in [-0.1, -0.05) is 0 Å². The summed E-state index contributed by atoms with van der Waals surface area (Å²) in [7, 11) is 0. The van der Waals surface area contributed by atoms with Gasteiger partial charge in [0.1, 0.15) is 0 Å². The molecule has 0 aliphatic rings. The Morgan fingerprint density at radius 3 is 2.82 bits per heavy atom. The van der Waals surface area contributed by atoms with E-state index in [1.54, 1.807) is 0 Å². The van der Waals surface area contributed by atoms with Crippen LogP contribution >= 0.6 is 0 Å². The molecule has 0 unspecified atom stereocenters. The third kappa shape index (κ3) is 2.27. The van der Waals surface area contributed by atoms with Crippen molar-refractivity contribution in [2.45, 2.75) is 6.67 Å². The van der Waals surface area contributed by atoms with Crippen molar-refractivity contribution in [3.63, 3.8) is 0 Å². The molecule has 0 spiro atoms. The molecule has 0 fully saturated rings. The minimum Gasteiger partial charge on any atom is -0.478 e. The minimum absolute atomic E-state index is 0.0478. The largest absolute Gasteiger partial charge is 0.478 e. The molecule has 0 radical (unpaired) electrons. The molecule has 0 bridgehead atoms. The van der Waals surface area contributed by atoms with Gasteiger partial charge in [-0.3, -0.25) is 0 Å². The lowest BCUT2D eigenvalue weighted by Gasteiger charge is -1.96. The number of carboxylic acid groups (broad SMARTS) is 1. The van der Waals surface area contributed by atoms with Crippen LogP contribution in [0.4, 0.5) is 5.82 Å². The van der Waals surface area contributed by atoms with E-state index in [2.05, 4.69) is 10.2 Å². The molecular weight excluding hydrogens is 230 g/mol. The second-order valence-corrected chi connectivity index (χ2v) is 3.19. The van der Waals surface area contributed by atoms with Gasteiger partial charge in [0.2, 0.25) is 0 Å². The highest BCUT2D eigenvalue weighted by Crippen LogP contribution is 2.05. The summed E-state index contributed by atoms with van der Waals surface area (Å²) in [6.45, 7) is 0.112. The van der Waals surface area contributed by atoms with Crippen LogP contribution in [-0.2, 0) is 6.67 Å². The molecule has 0 atom stereocenters. The molecule has 2 aromatic heterocycles. The molecule has 9 heteroatoms. The Labute approximate surface area is 94.0 Å². The van der Waals surface area contributed by atoms with E-state index >= 15 is 0 Å². The first-order chi connectivity index (χ1) is 8.06. The number of aromatic carboxylic acids is 1. The van der Waals surface area contributed by atoms with E-state index in [0.29, 0.717) is 0 Å². The molecule has 88 valence electrons. The molecule has 9 nitrogen and oxygen atoms in total. The number of carbonyl (C=O) groups is 1. The highest BCUT2D eigenvalue weighted by Gasteiger charge is 2.12. The monoisotopic (exact) mass is 237 g/mol. The molecule has 2 rings (SSSR count). The van der Waals surface area contributed by atoms with Gasteiger partial charge in [0, 0.05) is 6.20 Å². The summed E-state index contributed by atoms with van der Waals surface area (Å²) < 4.78 is 2.61. The molecule has 0 saturated heterocycles. The number of nitrogens with zero attached hydrogens (tertiary/aromatic N) is 5. The van der Waals surface area contributed by atoms with Gasteiger partial charge in [0.05, 0.1) is 29.1 Å². The average molecular weight is 237 g/mol. The Kier molecular flexibility index (Phi) is 2.57. The van der Waals surface area contributed by atoms with Crippen LogP contribution in [-0.4, -0.2) is 35.6 Å². The smallest absolute Gasteiger partial charge is 0.389 e. The lowest BCUT2D eigenvalue weighted by atomic mass is 10.4. The van der Waals surface area contributed by atoms with E-state index in [4.69, 9.17) is 5.11 Å². The molecule has 0 aliphatic carbocycles. The van der Waals surface area contributed by atoms with Crippen molar-refractivity contribution in [1.82, 2.24) is 19.6 Å². The van der Waals surface area contributed by atoms with Gasteiger partial charge in [0.15, 0.2) is 6.67 Å². The van der Waals surface area contributed by atoms with E-state index in [1.165, 1.54) is 34.0 Å². The third-order valence-corrected chi connectivity index (χ3v) is 1.98. The Morgan fingerprint density at radius 2 is 2.29 bits per heavy atom. The van der Waals surface area contributed by atoms with Gasteiger partial charge >= 0.3 is 11.8 Å². The van der Waals surface area contributed by atoms with E-state index in [-0.39, 0.29) is 18.1 Å². The van der Waals surface area contributed by atoms with Gasteiger partial charge < -0.3 is 15.2 Å². The fraction of sp³-hybridized carbons (Fsp3) is 0.125. The van der Waals surface area contributed by atoms with E-state index in [1.807, 2.05) is 0 Å². The first-order valence-corrected chi connectivity index (χ1v) is 4.50. The second-order valence-electron chi connectivity index (χ2n) is 3.19. The summed E-state index contributed by atoms with van der Waals surface area (Å²) in [6, 6.07) is 1.25. The molecule has 0 aromatic carbocycles. The van der Waals surface area contributed by atoms with Crippen LogP contribution in [0.25, 0.3) is 0 Å². The van der Waals surface area contributed by atoms with Crippen LogP contribution in [0.3, 0.4) is 0 Å². The normalized spacial score (nSPS) is 10.4. The summed E-state index contributed by atoms with van der Waals surface area (Å²) >= 11 is 0. The second kappa shape index (κ2) is 4.04. The lowest BCUT2D eigenvalue weighted by Crippen LogP contribution is -2.09. The summed E-state index contributed by atoms with van der Waals surface area (Å²) in [6.07, 6.45) is 3.93. The highest BCUT2D eigenvalue weighted by atomic mass is 16.6. The van der Waals surface area contributed by atoms with Crippen molar-refractivity contribution < 1.29 is 14.8 Å². The van der Waals surface area contributed by atoms with Gasteiger partial charge in [0.25, 0.3) is 0 Å². The van der Waals surface area contributed by atoms with Crippen LogP contribution < -0.4 is 0 Å². The fourth-order valence-corrected chi connectivity index (χ4v) is 1.23. The molecule has 2 aromatic rings. The van der Waals surface area contributed by atoms with Crippen LogP contribution in [0.5, 0.6) is 0 Å². The van der Waals surface area contributed by atoms with Gasteiger partial charge in [-0.2, -0.15) is 9.78 Å². The van der Waals surface area contributed by atoms with Crippen LogP contribution in [0.15, 0.2) is 24.7 Å². The summed E-state index contributed by atoms with van der Waals surface area (Å²) in [5.41, 5.74) is 0.0478. The fourth-order valence-electron chi connectivity index (χ4n) is 1.23. The molecule has 1 N–H and O–H groups in total. The van der Waals surface area contributed by atoms with Crippen LogP contribution in [0.2, 0.25) is 0 Å². The number of hydrogen-bond acceptors (Lipinski definition) is 5. The Balaban J connectivity index is 2.13. The SMILES string of the molecule is O=C(O)c1cnn(Cn2ccc([N+](=O)[O-])n2)c1. The first kappa shape index (κ1) is 10.8. The van der Waals surface area contributed by atoms with Crippen molar-refractivity contribution in [3.8, 4) is 0 Å². The highest BCUT2D eigenvalue weighted by molar-refractivity contribution is 5.86. The van der Waals surface area contributed by atoms with E-state index in [9.17, 15) is 14.9 Å². The topological polar surface area (TPSA) is 116 Å². The van der Waals surface area contributed by atoms with E-state index in [0.717, 1.165) is 0 Å². The third-order valence-electron chi connectivity index (χ3n) is 1.98. The van der Waals surface area contributed by atoms with Gasteiger partial charge in [-0.15, -0.1) is 0 Å². The van der Waals surface area contributed by atoms with Crippen LogP contribution in [0, 0.1) is 10.1 Å². The summed E-state index contributed by atoms with van der Waals surface area (Å²) in [5.74, 6) is -1.35. The molecule has 0 amide bonds. The zero-order chi connectivity index (χ0) is 12.4.